The number of urea groups is 1. The molecule has 1 saturated heterocycles. The molecule has 0 spiro atoms. The van der Waals surface area contributed by atoms with Crippen LogP contribution in [0.25, 0.3) is 0 Å². The average molecular weight is 617 g/mol. The molecular formula is C28H24ClF3N6O5. The van der Waals surface area contributed by atoms with Gasteiger partial charge in [0.1, 0.15) is 24.4 Å². The van der Waals surface area contributed by atoms with Crippen molar-refractivity contribution in [2.45, 2.75) is 36.9 Å². The summed E-state index contributed by atoms with van der Waals surface area (Å²) >= 11 is 6.48. The number of carboxylic acid groups (broad SMARTS) is 1. The monoisotopic (exact) mass is 616 g/mol. The summed E-state index contributed by atoms with van der Waals surface area (Å²) in [7, 11) is 0. The highest BCUT2D eigenvalue weighted by molar-refractivity contribution is 6.31. The quantitative estimate of drug-likeness (QED) is 0.375. The fourth-order valence-electron chi connectivity index (χ4n) is 5.11. The molecule has 224 valence electrons. The summed E-state index contributed by atoms with van der Waals surface area (Å²) in [6.07, 6.45) is 1.41. The number of hydrogen-bond donors (Lipinski definition) is 2. The highest BCUT2D eigenvalue weighted by atomic mass is 35.5. The lowest BCUT2D eigenvalue weighted by Crippen LogP contribution is -2.56. The van der Waals surface area contributed by atoms with E-state index >= 15 is 0 Å². The number of halogens is 4. The van der Waals surface area contributed by atoms with Crippen molar-refractivity contribution in [2.75, 3.05) is 22.9 Å². The molecule has 5 rings (SSSR count). The summed E-state index contributed by atoms with van der Waals surface area (Å²) in [5, 5.41) is 12.0. The maximum Gasteiger partial charge on any atom is 0.328 e. The molecule has 0 bridgehead atoms. The molecule has 1 unspecified atom stereocenters. The lowest BCUT2D eigenvalue weighted by molar-refractivity contribution is -0.137. The molecule has 3 aromatic rings. The maximum absolute atomic E-state index is 14.6. The van der Waals surface area contributed by atoms with E-state index in [1.807, 2.05) is 0 Å². The molecule has 15 heteroatoms. The van der Waals surface area contributed by atoms with Gasteiger partial charge < -0.3 is 15.3 Å². The van der Waals surface area contributed by atoms with Crippen LogP contribution in [0.4, 0.5) is 29.6 Å². The van der Waals surface area contributed by atoms with Crippen LogP contribution < -0.4 is 15.1 Å². The Kier molecular flexibility index (Phi) is 8.22. The predicted octanol–water partition coefficient (Wildman–Crippen LogP) is 3.65. The Morgan fingerprint density at radius 3 is 2.42 bits per heavy atom. The number of carbonyl (C=O) groups is 4. The van der Waals surface area contributed by atoms with Gasteiger partial charge in [0.05, 0.1) is 6.54 Å². The zero-order valence-electron chi connectivity index (χ0n) is 22.2. The van der Waals surface area contributed by atoms with Crippen molar-refractivity contribution in [1.29, 1.82) is 0 Å². The average Bonchev–Trinajstić information content (AvgIpc) is 3.26. The van der Waals surface area contributed by atoms with Gasteiger partial charge in [-0.25, -0.2) is 32.8 Å². The molecule has 0 radical (unpaired) electrons. The van der Waals surface area contributed by atoms with Gasteiger partial charge in [-0.2, -0.15) is 0 Å². The number of hydrogen-bond acceptors (Lipinski definition) is 6. The van der Waals surface area contributed by atoms with E-state index in [9.17, 15) is 37.5 Å². The van der Waals surface area contributed by atoms with Crippen LogP contribution in [0.2, 0.25) is 5.02 Å². The van der Waals surface area contributed by atoms with Crippen LogP contribution in [0.1, 0.15) is 24.4 Å². The van der Waals surface area contributed by atoms with Crippen molar-refractivity contribution in [3.63, 3.8) is 0 Å². The van der Waals surface area contributed by atoms with Gasteiger partial charge in [-0.3, -0.25) is 19.3 Å². The second-order valence-electron chi connectivity index (χ2n) is 10.1. The van der Waals surface area contributed by atoms with Gasteiger partial charge in [0, 0.05) is 47.6 Å². The first kappa shape index (κ1) is 29.8. The number of amides is 4. The van der Waals surface area contributed by atoms with E-state index in [2.05, 4.69) is 15.3 Å². The van der Waals surface area contributed by atoms with Crippen LogP contribution in [0.5, 0.6) is 0 Å². The van der Waals surface area contributed by atoms with Crippen molar-refractivity contribution in [3.05, 3.63) is 83.4 Å². The smallest absolute Gasteiger partial charge is 0.328 e. The zero-order chi connectivity index (χ0) is 30.9. The van der Waals surface area contributed by atoms with E-state index in [1.165, 1.54) is 42.7 Å². The number of anilines is 2. The Morgan fingerprint density at radius 1 is 1.09 bits per heavy atom. The number of aromatic nitrogens is 2. The lowest BCUT2D eigenvalue weighted by Gasteiger charge is -2.39. The molecule has 1 aliphatic heterocycles. The van der Waals surface area contributed by atoms with E-state index in [1.54, 1.807) is 12.1 Å². The first-order valence-corrected chi connectivity index (χ1v) is 13.4. The number of carbonyl (C=O) groups excluding carboxylic acids is 3. The van der Waals surface area contributed by atoms with Gasteiger partial charge in [0.15, 0.2) is 0 Å². The zero-order valence-corrected chi connectivity index (χ0v) is 23.0. The largest absolute Gasteiger partial charge is 0.480 e. The van der Waals surface area contributed by atoms with Crippen molar-refractivity contribution in [2.24, 2.45) is 0 Å². The molecule has 2 atom stereocenters. The van der Waals surface area contributed by atoms with Crippen LogP contribution >= 0.6 is 11.6 Å². The van der Waals surface area contributed by atoms with Gasteiger partial charge in [0.25, 0.3) is 11.8 Å². The lowest BCUT2D eigenvalue weighted by atomic mass is 9.87. The number of aliphatic carboxylic acids is 1. The molecule has 2 fully saturated rings. The number of nitrogens with one attached hydrogen (secondary N) is 1. The molecule has 4 amide bonds. The Bertz CT molecular complexity index is 1560. The van der Waals surface area contributed by atoms with Crippen molar-refractivity contribution < 1.29 is 37.5 Å². The van der Waals surface area contributed by atoms with E-state index in [4.69, 9.17) is 11.6 Å². The first-order valence-electron chi connectivity index (χ1n) is 13.0. The number of nitrogens with zero attached hydrogens (tertiary/aromatic N) is 5. The molecule has 1 saturated carbocycles. The highest BCUT2D eigenvalue weighted by Crippen LogP contribution is 2.39. The molecule has 11 nitrogen and oxygen atoms in total. The summed E-state index contributed by atoms with van der Waals surface area (Å²) in [5.41, 5.74) is -0.0124. The van der Waals surface area contributed by atoms with Crippen LogP contribution in [0.15, 0.2) is 67.0 Å². The fourth-order valence-corrected chi connectivity index (χ4v) is 5.35. The summed E-state index contributed by atoms with van der Waals surface area (Å²) in [6, 6.07) is 7.38. The van der Waals surface area contributed by atoms with Crippen LogP contribution in [-0.2, 0) is 14.4 Å². The number of rotatable bonds is 9. The van der Waals surface area contributed by atoms with Gasteiger partial charge in [-0.05, 0) is 30.3 Å². The SMILES string of the molecule is O=C(O)CN1C[C@@H](C(=O)N(c2cccc(F)c2)C(C(=O)NC2CC(F)(F)C2)c2ccccc2Cl)N(c2ncccn2)C1=O. The van der Waals surface area contributed by atoms with E-state index < -0.39 is 79.6 Å². The second-order valence-corrected chi connectivity index (χ2v) is 10.5. The standard InChI is InChI=1S/C28H24ClF3N6O5/c29-20-8-2-1-7-19(20)23(24(41)35-17-12-28(31,32)13-17)37(18-6-3-5-16(30)11-18)25(42)21-14-36(15-22(39)40)27(43)38(21)26-33-9-4-10-34-26/h1-11,17,21,23H,12-15H2,(H,35,41)(H,39,40)/t21-,23?/m0/s1. The predicted molar refractivity (Wildman–Crippen MR) is 147 cm³/mol. The third-order valence-corrected chi connectivity index (χ3v) is 7.37. The summed E-state index contributed by atoms with van der Waals surface area (Å²) in [6.45, 7) is -1.20. The molecule has 1 aromatic heterocycles. The number of alkyl halides is 2. The Balaban J connectivity index is 1.63. The summed E-state index contributed by atoms with van der Waals surface area (Å²) in [4.78, 5) is 64.1. The van der Waals surface area contributed by atoms with E-state index in [0.29, 0.717) is 0 Å². The molecular weight excluding hydrogens is 593 g/mol. The molecule has 2 heterocycles. The molecule has 2 N–H and O–H groups in total. The summed E-state index contributed by atoms with van der Waals surface area (Å²) in [5.74, 6) is -7.08. The van der Waals surface area contributed by atoms with Crippen LogP contribution in [-0.4, -0.2) is 74.9 Å². The molecule has 2 aromatic carbocycles. The van der Waals surface area contributed by atoms with Gasteiger partial charge in [-0.15, -0.1) is 0 Å². The molecule has 2 aliphatic rings. The van der Waals surface area contributed by atoms with Crippen molar-refractivity contribution in [1.82, 2.24) is 20.2 Å². The Morgan fingerprint density at radius 2 is 1.79 bits per heavy atom. The minimum Gasteiger partial charge on any atom is -0.480 e. The van der Waals surface area contributed by atoms with Gasteiger partial charge in [-0.1, -0.05) is 35.9 Å². The van der Waals surface area contributed by atoms with Crippen molar-refractivity contribution in [3.8, 4) is 0 Å². The molecule has 1 aliphatic carbocycles. The number of carboxylic acids is 1. The third-order valence-electron chi connectivity index (χ3n) is 7.03. The topological polar surface area (TPSA) is 136 Å². The second kappa shape index (κ2) is 11.9. The van der Waals surface area contributed by atoms with Crippen LogP contribution in [0, 0.1) is 5.82 Å². The van der Waals surface area contributed by atoms with Gasteiger partial charge >= 0.3 is 12.0 Å². The molecule has 43 heavy (non-hydrogen) atoms. The normalized spacial score (nSPS) is 18.6. The van der Waals surface area contributed by atoms with E-state index in [0.717, 1.165) is 26.8 Å². The third kappa shape index (κ3) is 6.23. The fraction of sp³-hybridized carbons (Fsp3) is 0.286. The minimum absolute atomic E-state index is 0.0500. The van der Waals surface area contributed by atoms with Gasteiger partial charge in [0.2, 0.25) is 11.9 Å². The maximum atomic E-state index is 14.6. The van der Waals surface area contributed by atoms with Crippen molar-refractivity contribution >= 4 is 47.1 Å². The first-order chi connectivity index (χ1) is 20.4. The summed E-state index contributed by atoms with van der Waals surface area (Å²) < 4.78 is 41.8. The van der Waals surface area contributed by atoms with E-state index in [-0.39, 0.29) is 22.2 Å². The Labute approximate surface area is 247 Å². The van der Waals surface area contributed by atoms with Crippen LogP contribution in [0.3, 0.4) is 0 Å². The number of benzene rings is 2. The highest BCUT2D eigenvalue weighted by Gasteiger charge is 2.50. The Hall–Kier alpha value is -4.72. The minimum atomic E-state index is -2.95.